The van der Waals surface area contributed by atoms with E-state index in [2.05, 4.69) is 35.4 Å². The molecule has 0 saturated carbocycles. The predicted molar refractivity (Wildman–Crippen MR) is 111 cm³/mol. The molecule has 4 aromatic heterocycles. The third-order valence-corrected chi connectivity index (χ3v) is 7.76. The van der Waals surface area contributed by atoms with Gasteiger partial charge in [0.1, 0.15) is 9.86 Å². The van der Waals surface area contributed by atoms with Gasteiger partial charge >= 0.3 is 0 Å². The maximum Gasteiger partial charge on any atom is 0.215 e. The van der Waals surface area contributed by atoms with E-state index in [0.29, 0.717) is 6.54 Å². The molecule has 4 aromatic rings. The van der Waals surface area contributed by atoms with Crippen LogP contribution in [0.5, 0.6) is 0 Å². The molecule has 0 amide bonds. The highest BCUT2D eigenvalue weighted by atomic mass is 32.2. The number of tetrazole rings is 1. The Morgan fingerprint density at radius 1 is 1.32 bits per heavy atom. The Morgan fingerprint density at radius 2 is 2.25 bits per heavy atom. The topological polar surface area (TPSA) is 78.6 Å². The van der Waals surface area contributed by atoms with Gasteiger partial charge in [0, 0.05) is 16.9 Å². The standard InChI is InChI=1S/C18H18N6OS3/c1-10-11(2)27-16-14(10)17(20-15(19-16)13-6-4-8-26-13)28-18-21-22-23-24(18)9-12-5-3-7-25-12/h4,6,8,12H,3,5,7,9H2,1-2H3. The first-order chi connectivity index (χ1) is 13.7. The first-order valence-electron chi connectivity index (χ1n) is 9.06. The van der Waals surface area contributed by atoms with E-state index in [-0.39, 0.29) is 6.10 Å². The quantitative estimate of drug-likeness (QED) is 0.435. The van der Waals surface area contributed by atoms with Crippen molar-refractivity contribution in [3.05, 3.63) is 28.0 Å². The molecule has 5 rings (SSSR count). The van der Waals surface area contributed by atoms with Crippen LogP contribution in [0.25, 0.3) is 20.9 Å². The van der Waals surface area contributed by atoms with Gasteiger partial charge in [0.25, 0.3) is 0 Å². The fraction of sp³-hybridized carbons (Fsp3) is 0.389. The van der Waals surface area contributed by atoms with Gasteiger partial charge in [0.15, 0.2) is 5.82 Å². The summed E-state index contributed by atoms with van der Waals surface area (Å²) in [6.45, 7) is 5.74. The average molecular weight is 431 g/mol. The van der Waals surface area contributed by atoms with Crippen LogP contribution in [-0.4, -0.2) is 42.9 Å². The van der Waals surface area contributed by atoms with Gasteiger partial charge in [-0.3, -0.25) is 0 Å². The Labute approximate surface area is 174 Å². The largest absolute Gasteiger partial charge is 0.376 e. The fourth-order valence-electron chi connectivity index (χ4n) is 3.25. The van der Waals surface area contributed by atoms with Gasteiger partial charge in [0.05, 0.1) is 17.5 Å². The SMILES string of the molecule is Cc1sc2nc(-c3cccs3)nc(Sc3nnnn3CC3CCCO3)c2c1C. The van der Waals surface area contributed by atoms with Crippen LogP contribution in [0.2, 0.25) is 0 Å². The van der Waals surface area contributed by atoms with Crippen molar-refractivity contribution in [2.75, 3.05) is 6.61 Å². The van der Waals surface area contributed by atoms with Crippen LogP contribution < -0.4 is 0 Å². The van der Waals surface area contributed by atoms with Crippen LogP contribution in [-0.2, 0) is 11.3 Å². The zero-order valence-electron chi connectivity index (χ0n) is 15.5. The zero-order valence-corrected chi connectivity index (χ0v) is 17.9. The molecule has 0 aliphatic carbocycles. The first kappa shape index (κ1) is 18.2. The van der Waals surface area contributed by atoms with E-state index < -0.39 is 0 Å². The monoisotopic (exact) mass is 430 g/mol. The van der Waals surface area contributed by atoms with Gasteiger partial charge < -0.3 is 4.74 Å². The average Bonchev–Trinajstić information content (AvgIpc) is 3.47. The Bertz CT molecular complexity index is 1110. The van der Waals surface area contributed by atoms with E-state index in [9.17, 15) is 0 Å². The van der Waals surface area contributed by atoms with E-state index in [1.165, 1.54) is 22.2 Å². The Balaban J connectivity index is 1.56. The maximum atomic E-state index is 5.74. The Morgan fingerprint density at radius 3 is 3.04 bits per heavy atom. The lowest BCUT2D eigenvalue weighted by Gasteiger charge is -2.10. The van der Waals surface area contributed by atoms with Crippen molar-refractivity contribution in [1.29, 1.82) is 0 Å². The molecule has 1 saturated heterocycles. The molecule has 0 aromatic carbocycles. The Kier molecular flexibility index (Phi) is 4.87. The zero-order chi connectivity index (χ0) is 19.1. The number of aromatic nitrogens is 6. The van der Waals surface area contributed by atoms with E-state index in [1.807, 2.05) is 16.1 Å². The molecule has 7 nitrogen and oxygen atoms in total. The summed E-state index contributed by atoms with van der Waals surface area (Å²) in [6.07, 6.45) is 2.33. The number of hydrogen-bond donors (Lipinski definition) is 0. The second kappa shape index (κ2) is 7.51. The predicted octanol–water partition coefficient (Wildman–Crippen LogP) is 4.35. The highest BCUT2D eigenvalue weighted by molar-refractivity contribution is 7.99. The molecular weight excluding hydrogens is 412 g/mol. The molecule has 28 heavy (non-hydrogen) atoms. The Hall–Kier alpha value is -1.88. The van der Waals surface area contributed by atoms with E-state index >= 15 is 0 Å². The second-order valence-electron chi connectivity index (χ2n) is 6.67. The van der Waals surface area contributed by atoms with Crippen LogP contribution in [0.4, 0.5) is 0 Å². The lowest BCUT2D eigenvalue weighted by Crippen LogP contribution is -2.16. The molecule has 144 valence electrons. The minimum Gasteiger partial charge on any atom is -0.376 e. The molecular formula is C18H18N6OS3. The number of rotatable bonds is 5. The molecule has 1 fully saturated rings. The van der Waals surface area contributed by atoms with Crippen LogP contribution in [0, 0.1) is 13.8 Å². The summed E-state index contributed by atoms with van der Waals surface area (Å²) in [7, 11) is 0. The molecule has 0 radical (unpaired) electrons. The summed E-state index contributed by atoms with van der Waals surface area (Å²) in [5.74, 6) is 0.754. The first-order valence-corrected chi connectivity index (χ1v) is 11.6. The molecule has 1 aliphatic heterocycles. The molecule has 5 heterocycles. The third-order valence-electron chi connectivity index (χ3n) is 4.82. The van der Waals surface area contributed by atoms with E-state index in [1.54, 1.807) is 22.7 Å². The number of fused-ring (bicyclic) bond motifs is 1. The van der Waals surface area contributed by atoms with Gasteiger partial charge in [-0.1, -0.05) is 6.07 Å². The highest BCUT2D eigenvalue weighted by Crippen LogP contribution is 2.39. The van der Waals surface area contributed by atoms with E-state index in [0.717, 1.165) is 50.5 Å². The second-order valence-corrected chi connectivity index (χ2v) is 9.78. The summed E-state index contributed by atoms with van der Waals surface area (Å²) >= 11 is 4.86. The lowest BCUT2D eigenvalue weighted by molar-refractivity contribution is 0.0912. The molecule has 1 atom stereocenters. The molecule has 1 aliphatic rings. The number of thiophene rings is 2. The maximum absolute atomic E-state index is 5.74. The van der Waals surface area contributed by atoms with Crippen LogP contribution in [0.15, 0.2) is 27.7 Å². The summed E-state index contributed by atoms with van der Waals surface area (Å²) in [5.41, 5.74) is 1.22. The van der Waals surface area contributed by atoms with Crippen LogP contribution in [0.1, 0.15) is 23.3 Å². The smallest absolute Gasteiger partial charge is 0.215 e. The number of aryl methyl sites for hydroxylation is 2. The van der Waals surface area contributed by atoms with Crippen molar-refractivity contribution in [3.63, 3.8) is 0 Å². The van der Waals surface area contributed by atoms with Crippen molar-refractivity contribution >= 4 is 44.7 Å². The van der Waals surface area contributed by atoms with Gasteiger partial charge in [0.2, 0.25) is 5.16 Å². The molecule has 0 spiro atoms. The van der Waals surface area contributed by atoms with Crippen LogP contribution >= 0.6 is 34.4 Å². The van der Waals surface area contributed by atoms with Crippen molar-refractivity contribution < 1.29 is 4.74 Å². The van der Waals surface area contributed by atoms with Gasteiger partial charge in [-0.25, -0.2) is 14.6 Å². The summed E-state index contributed by atoms with van der Waals surface area (Å²) in [4.78, 5) is 13.0. The summed E-state index contributed by atoms with van der Waals surface area (Å²) in [5, 5.41) is 17.1. The van der Waals surface area contributed by atoms with Crippen molar-refractivity contribution in [1.82, 2.24) is 30.2 Å². The van der Waals surface area contributed by atoms with Crippen LogP contribution in [0.3, 0.4) is 0 Å². The lowest BCUT2D eigenvalue weighted by atomic mass is 10.2. The third kappa shape index (κ3) is 3.34. The van der Waals surface area contributed by atoms with Gasteiger partial charge in [-0.15, -0.1) is 27.8 Å². The van der Waals surface area contributed by atoms with Gasteiger partial charge in [-0.05, 0) is 65.9 Å². The summed E-state index contributed by atoms with van der Waals surface area (Å²) in [6, 6.07) is 4.07. The number of nitrogens with zero attached hydrogens (tertiary/aromatic N) is 6. The normalized spacial score (nSPS) is 17.0. The van der Waals surface area contributed by atoms with Crippen molar-refractivity contribution in [2.24, 2.45) is 0 Å². The highest BCUT2D eigenvalue weighted by Gasteiger charge is 2.22. The summed E-state index contributed by atoms with van der Waals surface area (Å²) < 4.78 is 7.57. The molecule has 0 bridgehead atoms. The van der Waals surface area contributed by atoms with Crippen molar-refractivity contribution in [3.8, 4) is 10.7 Å². The van der Waals surface area contributed by atoms with Crippen molar-refractivity contribution in [2.45, 2.75) is 49.5 Å². The number of hydrogen-bond acceptors (Lipinski definition) is 9. The van der Waals surface area contributed by atoms with Gasteiger partial charge in [-0.2, -0.15) is 0 Å². The van der Waals surface area contributed by atoms with E-state index in [4.69, 9.17) is 14.7 Å². The number of ether oxygens (including phenoxy) is 1. The molecule has 1 unspecified atom stereocenters. The minimum atomic E-state index is 0.181. The molecule has 10 heteroatoms. The fourth-order valence-corrected chi connectivity index (χ4v) is 5.96. The minimum absolute atomic E-state index is 0.181. The molecule has 0 N–H and O–H groups in total.